The third kappa shape index (κ3) is 4.04. The maximum Gasteiger partial charge on any atom is 0.316 e. The molecule has 10 nitrogen and oxygen atoms in total. The standard InChI is InChI=1S/C17H28N7O3P/c1-9(2)23-28(25,10(3)4)26-7-12-11(5)6-13(27-12)24-8-20-14-15(18)21-17(19)22-16(14)24/h8,10-13H,6-7H2,1-5H3,(H4,18,19,21,22). The van der Waals surface area contributed by atoms with Crippen molar-refractivity contribution in [2.75, 3.05) is 18.1 Å². The topological polar surface area (TPSA) is 144 Å². The Morgan fingerprint density at radius 3 is 2.79 bits per heavy atom. The average Bonchev–Trinajstić information content (AvgIpc) is 3.15. The van der Waals surface area contributed by atoms with Gasteiger partial charge in [0, 0.05) is 5.71 Å². The highest BCUT2D eigenvalue weighted by molar-refractivity contribution is 7.58. The first-order valence-corrected chi connectivity index (χ1v) is 10.9. The van der Waals surface area contributed by atoms with Gasteiger partial charge in [-0.05, 0) is 26.2 Å². The lowest BCUT2D eigenvalue weighted by Gasteiger charge is -2.22. The zero-order chi connectivity index (χ0) is 20.6. The molecular formula is C17H28N7O3P. The van der Waals surface area contributed by atoms with E-state index >= 15 is 0 Å². The molecular weight excluding hydrogens is 381 g/mol. The van der Waals surface area contributed by atoms with E-state index in [-0.39, 0.29) is 42.3 Å². The Labute approximate surface area is 164 Å². The number of rotatable bonds is 6. The lowest BCUT2D eigenvalue weighted by molar-refractivity contribution is -0.0224. The fraction of sp³-hybridized carbons (Fsp3) is 0.647. The van der Waals surface area contributed by atoms with Crippen LogP contribution in [0.4, 0.5) is 11.8 Å². The summed E-state index contributed by atoms with van der Waals surface area (Å²) in [5, 5.41) is 0. The van der Waals surface area contributed by atoms with Crippen molar-refractivity contribution in [2.24, 2.45) is 10.7 Å². The van der Waals surface area contributed by atoms with Crippen molar-refractivity contribution in [3.05, 3.63) is 6.33 Å². The van der Waals surface area contributed by atoms with E-state index in [9.17, 15) is 4.57 Å². The second kappa shape index (κ2) is 7.77. The van der Waals surface area contributed by atoms with Gasteiger partial charge in [-0.2, -0.15) is 9.97 Å². The molecule has 0 spiro atoms. The largest absolute Gasteiger partial charge is 0.382 e. The predicted molar refractivity (Wildman–Crippen MR) is 109 cm³/mol. The fourth-order valence-corrected chi connectivity index (χ4v) is 4.67. The number of nitrogen functional groups attached to an aromatic ring is 2. The van der Waals surface area contributed by atoms with Crippen molar-refractivity contribution in [3.63, 3.8) is 0 Å². The van der Waals surface area contributed by atoms with Crippen molar-refractivity contribution in [1.82, 2.24) is 19.5 Å². The molecule has 11 heteroatoms. The molecule has 154 valence electrons. The second-order valence-electron chi connectivity index (χ2n) is 7.63. The Balaban J connectivity index is 1.77. The summed E-state index contributed by atoms with van der Waals surface area (Å²) >= 11 is 0. The van der Waals surface area contributed by atoms with Gasteiger partial charge in [0.15, 0.2) is 11.5 Å². The van der Waals surface area contributed by atoms with E-state index in [0.717, 1.165) is 12.1 Å². The van der Waals surface area contributed by atoms with Gasteiger partial charge in [-0.1, -0.05) is 20.8 Å². The summed E-state index contributed by atoms with van der Waals surface area (Å²) in [5.74, 6) is 0.507. The lowest BCUT2D eigenvalue weighted by atomic mass is 10.0. The fourth-order valence-electron chi connectivity index (χ4n) is 3.16. The number of nitrogens with two attached hydrogens (primary N) is 2. The molecule has 2 aromatic rings. The summed E-state index contributed by atoms with van der Waals surface area (Å²) < 4.78 is 31.1. The van der Waals surface area contributed by atoms with Gasteiger partial charge in [0.05, 0.1) is 24.7 Å². The molecule has 2 aromatic heterocycles. The van der Waals surface area contributed by atoms with Crippen LogP contribution in [0.25, 0.3) is 11.2 Å². The van der Waals surface area contributed by atoms with Gasteiger partial charge in [-0.25, -0.2) is 9.75 Å². The quantitative estimate of drug-likeness (QED) is 0.547. The maximum absolute atomic E-state index is 13.0. The summed E-state index contributed by atoms with van der Waals surface area (Å²) in [7, 11) is -3.12. The number of hydrogen-bond acceptors (Lipinski definition) is 8. The lowest BCUT2D eigenvalue weighted by Crippen LogP contribution is -2.21. The molecule has 4 atom stereocenters. The molecule has 1 saturated heterocycles. The minimum Gasteiger partial charge on any atom is -0.382 e. The zero-order valence-corrected chi connectivity index (χ0v) is 17.8. The molecule has 4 N–H and O–H groups in total. The Bertz CT molecular complexity index is 938. The van der Waals surface area contributed by atoms with Gasteiger partial charge in [-0.3, -0.25) is 9.13 Å². The smallest absolute Gasteiger partial charge is 0.316 e. The average molecular weight is 409 g/mol. The molecule has 0 bridgehead atoms. The van der Waals surface area contributed by atoms with Crippen LogP contribution in [0, 0.1) is 5.92 Å². The highest BCUT2D eigenvalue weighted by Gasteiger charge is 2.37. The predicted octanol–water partition coefficient (Wildman–Crippen LogP) is 3.01. The highest BCUT2D eigenvalue weighted by Crippen LogP contribution is 2.54. The van der Waals surface area contributed by atoms with Crippen LogP contribution in [0.5, 0.6) is 0 Å². The molecule has 3 heterocycles. The zero-order valence-electron chi connectivity index (χ0n) is 16.9. The summed E-state index contributed by atoms with van der Waals surface area (Å²) in [4.78, 5) is 12.5. The highest BCUT2D eigenvalue weighted by atomic mass is 31.2. The van der Waals surface area contributed by atoms with Gasteiger partial charge in [-0.15, -0.1) is 0 Å². The molecule has 0 aromatic carbocycles. The van der Waals surface area contributed by atoms with E-state index in [2.05, 4.69) is 26.6 Å². The van der Waals surface area contributed by atoms with Crippen LogP contribution in [-0.2, 0) is 13.8 Å². The number of fused-ring (bicyclic) bond motifs is 1. The molecule has 3 rings (SSSR count). The molecule has 28 heavy (non-hydrogen) atoms. The Morgan fingerprint density at radius 1 is 1.43 bits per heavy atom. The van der Waals surface area contributed by atoms with Crippen molar-refractivity contribution < 1.29 is 13.8 Å². The molecule has 1 aliphatic heterocycles. The minimum atomic E-state index is -3.12. The van der Waals surface area contributed by atoms with Gasteiger partial charge >= 0.3 is 7.52 Å². The monoisotopic (exact) mass is 409 g/mol. The van der Waals surface area contributed by atoms with Crippen molar-refractivity contribution in [3.8, 4) is 0 Å². The molecule has 0 radical (unpaired) electrons. The number of hydrogen-bond donors (Lipinski definition) is 2. The summed E-state index contributed by atoms with van der Waals surface area (Å²) in [6, 6.07) is 0. The van der Waals surface area contributed by atoms with E-state index in [1.165, 1.54) is 0 Å². The van der Waals surface area contributed by atoms with Crippen LogP contribution in [0.15, 0.2) is 11.1 Å². The third-order valence-electron chi connectivity index (χ3n) is 4.73. The first-order valence-electron chi connectivity index (χ1n) is 9.29. The molecule has 4 unspecified atom stereocenters. The normalized spacial score (nSPS) is 24.6. The minimum absolute atomic E-state index is 0.0864. The third-order valence-corrected chi connectivity index (χ3v) is 7.23. The van der Waals surface area contributed by atoms with E-state index in [1.54, 1.807) is 10.9 Å². The first kappa shape index (κ1) is 20.7. The number of anilines is 2. The Kier molecular flexibility index (Phi) is 5.74. The second-order valence-corrected chi connectivity index (χ2v) is 10.3. The number of nitrogens with zero attached hydrogens (tertiary/aromatic N) is 5. The van der Waals surface area contributed by atoms with Gasteiger partial charge in [0.1, 0.15) is 11.7 Å². The van der Waals surface area contributed by atoms with Crippen molar-refractivity contribution in [2.45, 2.75) is 59.0 Å². The SMILES string of the molecule is CC(C)=NP(=O)(OCC1OC(n2cnc3c(N)nc(N)nc32)CC1C)C(C)C. The van der Waals surface area contributed by atoms with Crippen LogP contribution < -0.4 is 11.5 Å². The van der Waals surface area contributed by atoms with Crippen molar-refractivity contribution in [1.29, 1.82) is 0 Å². The van der Waals surface area contributed by atoms with Crippen LogP contribution in [0.3, 0.4) is 0 Å². The van der Waals surface area contributed by atoms with E-state index in [0.29, 0.717) is 11.2 Å². The number of imidazole rings is 1. The van der Waals surface area contributed by atoms with Gasteiger partial charge < -0.3 is 20.7 Å². The maximum atomic E-state index is 13.0. The Morgan fingerprint density at radius 2 is 2.14 bits per heavy atom. The van der Waals surface area contributed by atoms with E-state index in [4.69, 9.17) is 20.7 Å². The van der Waals surface area contributed by atoms with E-state index in [1.807, 2.05) is 27.7 Å². The Hall–Kier alpha value is -2.03. The summed E-state index contributed by atoms with van der Waals surface area (Å²) in [6.07, 6.45) is 1.83. The van der Waals surface area contributed by atoms with Crippen LogP contribution in [0.2, 0.25) is 0 Å². The van der Waals surface area contributed by atoms with Crippen LogP contribution in [0.1, 0.15) is 47.3 Å². The molecule has 0 saturated carbocycles. The summed E-state index contributed by atoms with van der Waals surface area (Å²) in [5.41, 5.74) is 13.1. The number of aromatic nitrogens is 4. The summed E-state index contributed by atoms with van der Waals surface area (Å²) in [6.45, 7) is 9.59. The molecule has 0 amide bonds. The van der Waals surface area contributed by atoms with Crippen LogP contribution in [-0.4, -0.2) is 43.6 Å². The van der Waals surface area contributed by atoms with Crippen molar-refractivity contribution >= 4 is 36.2 Å². The van der Waals surface area contributed by atoms with Gasteiger partial charge in [0.25, 0.3) is 0 Å². The van der Waals surface area contributed by atoms with Gasteiger partial charge in [0.2, 0.25) is 5.95 Å². The molecule has 1 fully saturated rings. The molecule has 1 aliphatic rings. The number of ether oxygens (including phenoxy) is 1. The van der Waals surface area contributed by atoms with Crippen LogP contribution >= 0.6 is 7.52 Å². The molecule has 0 aliphatic carbocycles. The first-order chi connectivity index (χ1) is 13.1. The van der Waals surface area contributed by atoms with E-state index < -0.39 is 7.52 Å².